The summed E-state index contributed by atoms with van der Waals surface area (Å²) in [6.07, 6.45) is 0. The van der Waals surface area contributed by atoms with Crippen molar-refractivity contribution in [2.45, 2.75) is 0 Å². The smallest absolute Gasteiger partial charge is 0.253 e. The van der Waals surface area contributed by atoms with Crippen LogP contribution in [0.2, 0.25) is 10.0 Å². The van der Waals surface area contributed by atoms with Crippen molar-refractivity contribution < 1.29 is 4.79 Å². The van der Waals surface area contributed by atoms with Gasteiger partial charge >= 0.3 is 0 Å². The van der Waals surface area contributed by atoms with Gasteiger partial charge in [-0.25, -0.2) is 5.84 Å². The van der Waals surface area contributed by atoms with Crippen LogP contribution in [0.25, 0.3) is 0 Å². The lowest BCUT2D eigenvalue weighted by Gasteiger charge is -2.05. The molecule has 1 amide bonds. The van der Waals surface area contributed by atoms with E-state index < -0.39 is 0 Å². The molecular formula is C8H9Cl2N3O. The van der Waals surface area contributed by atoms with Gasteiger partial charge in [0.1, 0.15) is 0 Å². The molecular weight excluding hydrogens is 225 g/mol. The lowest BCUT2D eigenvalue weighted by molar-refractivity contribution is -0.119. The molecule has 0 fully saturated rings. The molecule has 6 heteroatoms. The third kappa shape index (κ3) is 3.41. The van der Waals surface area contributed by atoms with Crippen molar-refractivity contribution in [3.8, 4) is 0 Å². The third-order valence-electron chi connectivity index (χ3n) is 1.48. The molecule has 0 bridgehead atoms. The van der Waals surface area contributed by atoms with Crippen LogP contribution in [0, 0.1) is 0 Å². The largest absolute Gasteiger partial charge is 0.376 e. The summed E-state index contributed by atoms with van der Waals surface area (Å²) < 4.78 is 0. The first-order chi connectivity index (χ1) is 6.61. The zero-order chi connectivity index (χ0) is 10.6. The molecule has 1 aromatic carbocycles. The van der Waals surface area contributed by atoms with Crippen molar-refractivity contribution in [3.05, 3.63) is 28.2 Å². The van der Waals surface area contributed by atoms with E-state index in [0.29, 0.717) is 15.7 Å². The number of halogens is 2. The maximum atomic E-state index is 10.8. The first kappa shape index (κ1) is 11.1. The summed E-state index contributed by atoms with van der Waals surface area (Å²) in [5.74, 6) is 4.59. The van der Waals surface area contributed by atoms with Gasteiger partial charge in [0.15, 0.2) is 0 Å². The van der Waals surface area contributed by atoms with Crippen molar-refractivity contribution in [3.63, 3.8) is 0 Å². The second-order valence-electron chi connectivity index (χ2n) is 2.58. The number of carbonyl (C=O) groups is 1. The van der Waals surface area contributed by atoms with Gasteiger partial charge < -0.3 is 5.32 Å². The highest BCUT2D eigenvalue weighted by Gasteiger charge is 2.00. The van der Waals surface area contributed by atoms with Crippen LogP contribution in [0.4, 0.5) is 5.69 Å². The molecule has 4 nitrogen and oxygen atoms in total. The Morgan fingerprint density at radius 3 is 2.36 bits per heavy atom. The molecule has 0 aliphatic heterocycles. The van der Waals surface area contributed by atoms with Gasteiger partial charge in [-0.2, -0.15) is 0 Å². The number of anilines is 1. The number of hydrogen-bond donors (Lipinski definition) is 3. The van der Waals surface area contributed by atoms with Crippen LogP contribution >= 0.6 is 23.2 Å². The molecule has 0 unspecified atom stereocenters. The van der Waals surface area contributed by atoms with Crippen LogP contribution in [0.1, 0.15) is 0 Å². The first-order valence-electron chi connectivity index (χ1n) is 3.81. The molecule has 1 rings (SSSR count). The summed E-state index contributed by atoms with van der Waals surface area (Å²) in [6.45, 7) is 0.0766. The first-order valence-corrected chi connectivity index (χ1v) is 4.57. The summed E-state index contributed by atoms with van der Waals surface area (Å²) in [5, 5.41) is 3.83. The fourth-order valence-corrected chi connectivity index (χ4v) is 1.42. The molecule has 1 aromatic rings. The number of nitrogens with two attached hydrogens (primary N) is 1. The SMILES string of the molecule is NNC(=O)CNc1cc(Cl)cc(Cl)c1. The monoisotopic (exact) mass is 233 g/mol. The minimum atomic E-state index is -0.318. The van der Waals surface area contributed by atoms with Crippen molar-refractivity contribution in [1.29, 1.82) is 0 Å². The predicted molar refractivity (Wildman–Crippen MR) is 57.3 cm³/mol. The second kappa shape index (κ2) is 5.05. The molecule has 0 aromatic heterocycles. The van der Waals surface area contributed by atoms with E-state index in [0.717, 1.165) is 0 Å². The van der Waals surface area contributed by atoms with E-state index >= 15 is 0 Å². The molecule has 0 aliphatic rings. The van der Waals surface area contributed by atoms with E-state index in [-0.39, 0.29) is 12.5 Å². The third-order valence-corrected chi connectivity index (χ3v) is 1.91. The highest BCUT2D eigenvalue weighted by molar-refractivity contribution is 6.35. The van der Waals surface area contributed by atoms with E-state index in [4.69, 9.17) is 29.0 Å². The number of hydrazine groups is 1. The molecule has 0 spiro atoms. The van der Waals surface area contributed by atoms with Crippen LogP contribution in [-0.2, 0) is 4.79 Å². The van der Waals surface area contributed by atoms with Gasteiger partial charge in [-0.15, -0.1) is 0 Å². The molecule has 4 N–H and O–H groups in total. The quantitative estimate of drug-likeness (QED) is 0.420. The lowest BCUT2D eigenvalue weighted by Crippen LogP contribution is -2.35. The normalized spacial score (nSPS) is 9.64. The van der Waals surface area contributed by atoms with E-state index in [1.165, 1.54) is 0 Å². The van der Waals surface area contributed by atoms with Crippen molar-refractivity contribution in [1.82, 2.24) is 5.43 Å². The summed E-state index contributed by atoms with van der Waals surface area (Å²) in [4.78, 5) is 10.8. The molecule has 0 saturated heterocycles. The Balaban J connectivity index is 2.63. The van der Waals surface area contributed by atoms with E-state index in [9.17, 15) is 4.79 Å². The Hall–Kier alpha value is -0.970. The zero-order valence-electron chi connectivity index (χ0n) is 7.18. The summed E-state index contributed by atoms with van der Waals surface area (Å²) >= 11 is 11.5. The molecule has 0 atom stereocenters. The highest BCUT2D eigenvalue weighted by atomic mass is 35.5. The topological polar surface area (TPSA) is 67.1 Å². The van der Waals surface area contributed by atoms with Gasteiger partial charge in [0, 0.05) is 15.7 Å². The molecule has 0 radical (unpaired) electrons. The van der Waals surface area contributed by atoms with E-state index in [1.54, 1.807) is 18.2 Å². The maximum Gasteiger partial charge on any atom is 0.253 e. The van der Waals surface area contributed by atoms with Gasteiger partial charge in [0.25, 0.3) is 5.91 Å². The molecule has 14 heavy (non-hydrogen) atoms. The van der Waals surface area contributed by atoms with E-state index in [2.05, 4.69) is 5.32 Å². The number of hydrogen-bond acceptors (Lipinski definition) is 3. The Morgan fingerprint density at radius 1 is 1.29 bits per heavy atom. The summed E-state index contributed by atoms with van der Waals surface area (Å²) in [6, 6.07) is 4.94. The number of rotatable bonds is 3. The van der Waals surface area contributed by atoms with Gasteiger partial charge in [0.2, 0.25) is 0 Å². The minimum absolute atomic E-state index is 0.0766. The number of carbonyl (C=O) groups excluding carboxylic acids is 1. The second-order valence-corrected chi connectivity index (χ2v) is 3.45. The average Bonchev–Trinajstić information content (AvgIpc) is 2.12. The van der Waals surface area contributed by atoms with E-state index in [1.807, 2.05) is 5.43 Å². The van der Waals surface area contributed by atoms with Crippen LogP contribution in [0.15, 0.2) is 18.2 Å². The Kier molecular flexibility index (Phi) is 4.00. The highest BCUT2D eigenvalue weighted by Crippen LogP contribution is 2.21. The van der Waals surface area contributed by atoms with Crippen LogP contribution in [-0.4, -0.2) is 12.5 Å². The Morgan fingerprint density at radius 2 is 1.86 bits per heavy atom. The molecule has 0 saturated carbocycles. The Labute approximate surface area is 91.3 Å². The number of benzene rings is 1. The van der Waals surface area contributed by atoms with Crippen molar-refractivity contribution in [2.24, 2.45) is 5.84 Å². The van der Waals surface area contributed by atoms with Crippen molar-refractivity contribution >= 4 is 34.8 Å². The molecule has 0 aliphatic carbocycles. The minimum Gasteiger partial charge on any atom is -0.376 e. The standard InChI is InChI=1S/C8H9Cl2N3O/c9-5-1-6(10)3-7(2-5)12-4-8(14)13-11/h1-3,12H,4,11H2,(H,13,14). The fourth-order valence-electron chi connectivity index (χ4n) is 0.889. The van der Waals surface area contributed by atoms with Gasteiger partial charge in [-0.1, -0.05) is 23.2 Å². The van der Waals surface area contributed by atoms with Crippen LogP contribution in [0.5, 0.6) is 0 Å². The van der Waals surface area contributed by atoms with Crippen LogP contribution in [0.3, 0.4) is 0 Å². The molecule has 0 heterocycles. The summed E-state index contributed by atoms with van der Waals surface area (Å²) in [5.41, 5.74) is 2.67. The maximum absolute atomic E-state index is 10.8. The molecule has 76 valence electrons. The Bertz CT molecular complexity index is 323. The van der Waals surface area contributed by atoms with Gasteiger partial charge in [0.05, 0.1) is 6.54 Å². The zero-order valence-corrected chi connectivity index (χ0v) is 8.69. The average molecular weight is 234 g/mol. The van der Waals surface area contributed by atoms with Gasteiger partial charge in [-0.05, 0) is 18.2 Å². The van der Waals surface area contributed by atoms with Crippen molar-refractivity contribution in [2.75, 3.05) is 11.9 Å². The lowest BCUT2D eigenvalue weighted by atomic mass is 10.3. The fraction of sp³-hybridized carbons (Fsp3) is 0.125. The number of amides is 1. The van der Waals surface area contributed by atoms with Gasteiger partial charge in [-0.3, -0.25) is 10.2 Å². The van der Waals surface area contributed by atoms with Crippen LogP contribution < -0.4 is 16.6 Å². The summed E-state index contributed by atoms with van der Waals surface area (Å²) in [7, 11) is 0. The predicted octanol–water partition coefficient (Wildman–Crippen LogP) is 1.40. The number of nitrogens with one attached hydrogen (secondary N) is 2.